The summed E-state index contributed by atoms with van der Waals surface area (Å²) in [5.74, 6) is -2.28. The van der Waals surface area contributed by atoms with Crippen LogP contribution in [-0.4, -0.2) is 17.6 Å². The Morgan fingerprint density at radius 1 is 1.62 bits per heavy atom. The fourth-order valence-corrected chi connectivity index (χ4v) is 1.03. The van der Waals surface area contributed by atoms with Crippen LogP contribution in [0.5, 0.6) is 0 Å². The number of pyridine rings is 1. The van der Waals surface area contributed by atoms with Gasteiger partial charge in [0, 0.05) is 6.20 Å². The molecule has 4 nitrogen and oxygen atoms in total. The molecule has 0 unspecified atom stereocenters. The molecular formula is C9H9F3N2O2. The minimum absolute atomic E-state index is 0.0537. The summed E-state index contributed by atoms with van der Waals surface area (Å²) in [6.07, 6.45) is -2.46. The molecule has 16 heavy (non-hydrogen) atoms. The number of ether oxygens (including phenoxy) is 1. The number of anilines is 1. The second kappa shape index (κ2) is 4.82. The minimum atomic E-state index is -3.04. The van der Waals surface area contributed by atoms with Crippen molar-refractivity contribution in [2.45, 2.75) is 13.3 Å². The van der Waals surface area contributed by atoms with Crippen molar-refractivity contribution in [3.05, 3.63) is 23.3 Å². The van der Waals surface area contributed by atoms with E-state index in [4.69, 9.17) is 5.73 Å². The summed E-state index contributed by atoms with van der Waals surface area (Å²) in [6, 6.07) is 0. The van der Waals surface area contributed by atoms with E-state index in [1.807, 2.05) is 0 Å². The van der Waals surface area contributed by atoms with Gasteiger partial charge in [-0.25, -0.2) is 22.9 Å². The average Bonchev–Trinajstić information content (AvgIpc) is 2.21. The zero-order chi connectivity index (χ0) is 12.3. The van der Waals surface area contributed by atoms with Gasteiger partial charge in [-0.15, -0.1) is 0 Å². The quantitative estimate of drug-likeness (QED) is 0.811. The van der Waals surface area contributed by atoms with Gasteiger partial charge >= 0.3 is 5.97 Å². The number of nitrogens with zero attached hydrogens (tertiary/aromatic N) is 1. The van der Waals surface area contributed by atoms with Crippen LogP contribution in [0.25, 0.3) is 0 Å². The van der Waals surface area contributed by atoms with Crippen molar-refractivity contribution >= 4 is 11.7 Å². The molecule has 0 aliphatic rings. The Bertz CT molecular complexity index is 410. The molecule has 0 amide bonds. The lowest BCUT2D eigenvalue weighted by Gasteiger charge is -2.08. The molecule has 1 aromatic heterocycles. The molecule has 0 fully saturated rings. The SMILES string of the molecule is CCOC(=O)c1ncc(C(F)F)c(F)c1N. The van der Waals surface area contributed by atoms with Crippen LogP contribution in [0.15, 0.2) is 6.20 Å². The zero-order valence-corrected chi connectivity index (χ0v) is 8.34. The topological polar surface area (TPSA) is 65.2 Å². The van der Waals surface area contributed by atoms with Gasteiger partial charge in [0.2, 0.25) is 0 Å². The summed E-state index contributed by atoms with van der Waals surface area (Å²) < 4.78 is 42.3. The van der Waals surface area contributed by atoms with Gasteiger partial charge < -0.3 is 10.5 Å². The molecule has 0 aromatic carbocycles. The van der Waals surface area contributed by atoms with Crippen LogP contribution in [0, 0.1) is 5.82 Å². The summed E-state index contributed by atoms with van der Waals surface area (Å²) in [6.45, 7) is 1.59. The van der Waals surface area contributed by atoms with Crippen molar-refractivity contribution in [2.75, 3.05) is 12.3 Å². The molecule has 0 aliphatic heterocycles. The van der Waals surface area contributed by atoms with Crippen molar-refractivity contribution in [3.63, 3.8) is 0 Å². The number of rotatable bonds is 3. The van der Waals surface area contributed by atoms with E-state index >= 15 is 0 Å². The maximum absolute atomic E-state index is 13.3. The van der Waals surface area contributed by atoms with Crippen molar-refractivity contribution < 1.29 is 22.7 Å². The maximum atomic E-state index is 13.3. The number of nitrogen functional groups attached to an aromatic ring is 1. The summed E-state index contributed by atoms with van der Waals surface area (Å²) in [4.78, 5) is 14.5. The van der Waals surface area contributed by atoms with Crippen LogP contribution in [0.3, 0.4) is 0 Å². The number of esters is 1. The predicted molar refractivity (Wildman–Crippen MR) is 49.5 cm³/mol. The van der Waals surface area contributed by atoms with Gasteiger partial charge in [-0.05, 0) is 6.92 Å². The molecule has 0 spiro atoms. The molecule has 1 aromatic rings. The first-order valence-electron chi connectivity index (χ1n) is 4.38. The summed E-state index contributed by atoms with van der Waals surface area (Å²) in [5, 5.41) is 0. The van der Waals surface area contributed by atoms with Crippen LogP contribution in [-0.2, 0) is 4.74 Å². The van der Waals surface area contributed by atoms with Crippen LogP contribution in [0.2, 0.25) is 0 Å². The normalized spacial score (nSPS) is 10.6. The highest BCUT2D eigenvalue weighted by Crippen LogP contribution is 2.26. The maximum Gasteiger partial charge on any atom is 0.359 e. The Kier molecular flexibility index (Phi) is 3.70. The molecule has 1 rings (SSSR count). The monoisotopic (exact) mass is 234 g/mol. The molecule has 0 saturated carbocycles. The van der Waals surface area contributed by atoms with Gasteiger partial charge in [0.1, 0.15) is 5.69 Å². The molecule has 0 aliphatic carbocycles. The Balaban J connectivity index is 3.16. The highest BCUT2D eigenvalue weighted by atomic mass is 19.3. The second-order valence-electron chi connectivity index (χ2n) is 2.81. The number of halogens is 3. The summed E-state index contributed by atoms with van der Waals surface area (Å²) >= 11 is 0. The van der Waals surface area contributed by atoms with E-state index in [9.17, 15) is 18.0 Å². The highest BCUT2D eigenvalue weighted by Gasteiger charge is 2.22. The average molecular weight is 234 g/mol. The van der Waals surface area contributed by atoms with Crippen molar-refractivity contribution in [1.29, 1.82) is 0 Å². The van der Waals surface area contributed by atoms with Crippen molar-refractivity contribution in [1.82, 2.24) is 4.98 Å². The number of nitrogens with two attached hydrogens (primary N) is 1. The molecule has 1 heterocycles. The van der Waals surface area contributed by atoms with E-state index in [1.165, 1.54) is 6.92 Å². The molecule has 88 valence electrons. The molecular weight excluding hydrogens is 225 g/mol. The number of alkyl halides is 2. The Hall–Kier alpha value is -1.79. The largest absolute Gasteiger partial charge is 0.461 e. The van der Waals surface area contributed by atoms with E-state index in [-0.39, 0.29) is 6.61 Å². The molecule has 0 bridgehead atoms. The fraction of sp³-hybridized carbons (Fsp3) is 0.333. The van der Waals surface area contributed by atoms with Crippen molar-refractivity contribution in [3.8, 4) is 0 Å². The van der Waals surface area contributed by atoms with E-state index < -0.39 is 35.2 Å². The number of carbonyl (C=O) groups excluding carboxylic acids is 1. The Morgan fingerprint density at radius 2 is 2.25 bits per heavy atom. The van der Waals surface area contributed by atoms with E-state index in [0.717, 1.165) is 0 Å². The standard InChI is InChI=1S/C9H9F3N2O2/c1-2-16-9(15)7-6(13)5(10)4(3-14-7)8(11)12/h3,8H,2,13H2,1H3. The van der Waals surface area contributed by atoms with Gasteiger partial charge in [-0.3, -0.25) is 0 Å². The number of aromatic nitrogens is 1. The van der Waals surface area contributed by atoms with E-state index in [1.54, 1.807) is 0 Å². The van der Waals surface area contributed by atoms with Gasteiger partial charge in [0.15, 0.2) is 11.5 Å². The van der Waals surface area contributed by atoms with Crippen LogP contribution < -0.4 is 5.73 Å². The number of hydrogen-bond donors (Lipinski definition) is 1. The predicted octanol–water partition coefficient (Wildman–Crippen LogP) is 1.92. The highest BCUT2D eigenvalue weighted by molar-refractivity contribution is 5.93. The summed E-state index contributed by atoms with van der Waals surface area (Å²) in [7, 11) is 0. The van der Waals surface area contributed by atoms with Crippen LogP contribution in [0.4, 0.5) is 18.9 Å². The minimum Gasteiger partial charge on any atom is -0.461 e. The third-order valence-electron chi connectivity index (χ3n) is 1.78. The third-order valence-corrected chi connectivity index (χ3v) is 1.78. The van der Waals surface area contributed by atoms with Gasteiger partial charge in [-0.2, -0.15) is 0 Å². The van der Waals surface area contributed by atoms with Gasteiger partial charge in [0.25, 0.3) is 6.43 Å². The van der Waals surface area contributed by atoms with Crippen LogP contribution >= 0.6 is 0 Å². The fourth-order valence-electron chi connectivity index (χ4n) is 1.03. The lowest BCUT2D eigenvalue weighted by molar-refractivity contribution is 0.0519. The van der Waals surface area contributed by atoms with E-state index in [0.29, 0.717) is 6.20 Å². The molecule has 2 N–H and O–H groups in total. The smallest absolute Gasteiger partial charge is 0.359 e. The lowest BCUT2D eigenvalue weighted by atomic mass is 10.2. The second-order valence-corrected chi connectivity index (χ2v) is 2.81. The van der Waals surface area contributed by atoms with Gasteiger partial charge in [0.05, 0.1) is 12.2 Å². The number of carbonyl (C=O) groups is 1. The third kappa shape index (κ3) is 2.23. The van der Waals surface area contributed by atoms with Crippen LogP contribution in [0.1, 0.15) is 29.4 Å². The summed E-state index contributed by atoms with van der Waals surface area (Å²) in [5.41, 5.74) is 3.02. The molecule has 7 heteroatoms. The van der Waals surface area contributed by atoms with E-state index in [2.05, 4.69) is 9.72 Å². The zero-order valence-electron chi connectivity index (χ0n) is 8.34. The Morgan fingerprint density at radius 3 is 2.75 bits per heavy atom. The first-order chi connectivity index (χ1) is 7.49. The lowest BCUT2D eigenvalue weighted by Crippen LogP contribution is -2.13. The molecule has 0 atom stereocenters. The van der Waals surface area contributed by atoms with Gasteiger partial charge in [-0.1, -0.05) is 0 Å². The Labute approximate surface area is 89.2 Å². The molecule has 0 radical (unpaired) electrons. The first kappa shape index (κ1) is 12.3. The first-order valence-corrected chi connectivity index (χ1v) is 4.38. The van der Waals surface area contributed by atoms with Crippen molar-refractivity contribution in [2.24, 2.45) is 0 Å². The molecule has 0 saturated heterocycles. The number of hydrogen-bond acceptors (Lipinski definition) is 4.